The molecule has 1 aliphatic heterocycles. The lowest BCUT2D eigenvalue weighted by Crippen LogP contribution is -2.54. The molecule has 0 unspecified atom stereocenters. The van der Waals surface area contributed by atoms with E-state index in [1.165, 1.54) is 12.1 Å². The van der Waals surface area contributed by atoms with Crippen LogP contribution in [0.4, 0.5) is 15.8 Å². The van der Waals surface area contributed by atoms with Crippen molar-refractivity contribution in [2.24, 2.45) is 0 Å². The fourth-order valence-electron chi connectivity index (χ4n) is 3.85. The molecule has 0 spiro atoms. The van der Waals surface area contributed by atoms with Crippen molar-refractivity contribution in [1.82, 2.24) is 9.88 Å². The minimum absolute atomic E-state index is 0.0320. The number of piperazine rings is 1. The Morgan fingerprint density at radius 1 is 1.23 bits per heavy atom. The van der Waals surface area contributed by atoms with Gasteiger partial charge in [-0.05, 0) is 49.7 Å². The minimum Gasteiger partial charge on any atom is -0.408 e. The molecule has 1 saturated heterocycles. The van der Waals surface area contributed by atoms with E-state index >= 15 is 0 Å². The molecule has 2 N–H and O–H groups in total. The molecular formula is C22H23FN4O4. The van der Waals surface area contributed by atoms with Gasteiger partial charge in [0.25, 0.3) is 0 Å². The van der Waals surface area contributed by atoms with Crippen molar-refractivity contribution in [3.63, 3.8) is 0 Å². The standard InChI is InChI=1S/C22H23FN4O4/c1-13-9-16(4-5-17(13)23)27-8-7-26(12-14(27)2)21(29)11-20(28)24-15-3-6-18-19(10-15)31-22(30)25-18/h3-6,9-10,14H,7-8,11-12H2,1-2H3,(H,24,28)(H,25,30)/t14-/m1/s1. The highest BCUT2D eigenvalue weighted by molar-refractivity contribution is 6.04. The van der Waals surface area contributed by atoms with Crippen molar-refractivity contribution in [1.29, 1.82) is 0 Å². The van der Waals surface area contributed by atoms with Crippen molar-refractivity contribution in [3.8, 4) is 0 Å². The number of aryl methyl sites for hydroxylation is 1. The van der Waals surface area contributed by atoms with Crippen molar-refractivity contribution in [2.75, 3.05) is 29.9 Å². The van der Waals surface area contributed by atoms with Gasteiger partial charge in [0.15, 0.2) is 5.58 Å². The highest BCUT2D eigenvalue weighted by atomic mass is 19.1. The molecule has 3 aromatic rings. The molecule has 1 aromatic heterocycles. The molecule has 2 amide bonds. The normalized spacial score (nSPS) is 16.5. The minimum atomic E-state index is -0.572. The first-order chi connectivity index (χ1) is 14.8. The maximum atomic E-state index is 13.6. The smallest absolute Gasteiger partial charge is 0.408 e. The Kier molecular flexibility index (Phi) is 5.50. The van der Waals surface area contributed by atoms with Gasteiger partial charge in [0.2, 0.25) is 11.8 Å². The maximum Gasteiger partial charge on any atom is 0.417 e. The number of carbonyl (C=O) groups is 2. The van der Waals surface area contributed by atoms with E-state index in [-0.39, 0.29) is 24.2 Å². The second kappa shape index (κ2) is 8.25. The third kappa shape index (κ3) is 4.45. The number of amides is 2. The van der Waals surface area contributed by atoms with Crippen LogP contribution in [0, 0.1) is 12.7 Å². The molecule has 162 valence electrons. The Morgan fingerprint density at radius 3 is 2.77 bits per heavy atom. The summed E-state index contributed by atoms with van der Waals surface area (Å²) in [5.41, 5.74) is 2.80. The lowest BCUT2D eigenvalue weighted by molar-refractivity contribution is -0.135. The van der Waals surface area contributed by atoms with E-state index in [0.29, 0.717) is 42.0 Å². The van der Waals surface area contributed by atoms with Crippen molar-refractivity contribution in [3.05, 3.63) is 58.3 Å². The number of oxazole rings is 1. The Morgan fingerprint density at radius 2 is 2.03 bits per heavy atom. The van der Waals surface area contributed by atoms with Crippen LogP contribution < -0.4 is 16.0 Å². The summed E-state index contributed by atoms with van der Waals surface area (Å²) in [6.45, 7) is 5.28. The van der Waals surface area contributed by atoms with Gasteiger partial charge in [0.1, 0.15) is 12.2 Å². The molecule has 0 saturated carbocycles. The average molecular weight is 426 g/mol. The van der Waals surface area contributed by atoms with Gasteiger partial charge in [0, 0.05) is 43.1 Å². The summed E-state index contributed by atoms with van der Waals surface area (Å²) in [7, 11) is 0. The summed E-state index contributed by atoms with van der Waals surface area (Å²) in [5.74, 6) is -1.51. The first kappa shape index (κ1) is 20.6. The number of aromatic nitrogens is 1. The lowest BCUT2D eigenvalue weighted by atomic mass is 10.1. The number of aromatic amines is 1. The highest BCUT2D eigenvalue weighted by Crippen LogP contribution is 2.23. The lowest BCUT2D eigenvalue weighted by Gasteiger charge is -2.41. The zero-order valence-electron chi connectivity index (χ0n) is 17.3. The van der Waals surface area contributed by atoms with Gasteiger partial charge in [-0.25, -0.2) is 9.18 Å². The number of nitrogens with zero attached hydrogens (tertiary/aromatic N) is 2. The van der Waals surface area contributed by atoms with Crippen molar-refractivity contribution >= 4 is 34.3 Å². The second-order valence-electron chi connectivity index (χ2n) is 7.77. The summed E-state index contributed by atoms with van der Waals surface area (Å²) >= 11 is 0. The van der Waals surface area contributed by atoms with E-state index in [1.54, 1.807) is 36.1 Å². The fraction of sp³-hybridized carbons (Fsp3) is 0.318. The second-order valence-corrected chi connectivity index (χ2v) is 7.77. The van der Waals surface area contributed by atoms with E-state index in [4.69, 9.17) is 4.42 Å². The van der Waals surface area contributed by atoms with Crippen LogP contribution >= 0.6 is 0 Å². The van der Waals surface area contributed by atoms with Gasteiger partial charge in [-0.2, -0.15) is 0 Å². The number of rotatable bonds is 4. The number of halogens is 1. The molecule has 0 radical (unpaired) electrons. The Balaban J connectivity index is 1.34. The van der Waals surface area contributed by atoms with E-state index in [0.717, 1.165) is 5.69 Å². The summed E-state index contributed by atoms with van der Waals surface area (Å²) in [6, 6.07) is 9.81. The number of nitrogens with one attached hydrogen (secondary N) is 2. The third-order valence-electron chi connectivity index (χ3n) is 5.47. The van der Waals surface area contributed by atoms with Crippen LogP contribution in [0.5, 0.6) is 0 Å². The number of hydrogen-bond acceptors (Lipinski definition) is 5. The van der Waals surface area contributed by atoms with E-state index in [2.05, 4.69) is 15.2 Å². The molecule has 2 aromatic carbocycles. The number of carbonyl (C=O) groups excluding carboxylic acids is 2. The molecule has 9 heteroatoms. The van der Waals surface area contributed by atoms with Gasteiger partial charge in [-0.15, -0.1) is 0 Å². The maximum absolute atomic E-state index is 13.6. The third-order valence-corrected chi connectivity index (χ3v) is 5.47. The summed E-state index contributed by atoms with van der Waals surface area (Å²) in [6.07, 6.45) is -0.280. The monoisotopic (exact) mass is 426 g/mol. The SMILES string of the molecule is Cc1cc(N2CCN(C(=O)CC(=O)Nc3ccc4[nH]c(=O)oc4c3)C[C@H]2C)ccc1F. The Hall–Kier alpha value is -3.62. The highest BCUT2D eigenvalue weighted by Gasteiger charge is 2.28. The number of anilines is 2. The predicted molar refractivity (Wildman–Crippen MR) is 115 cm³/mol. The van der Waals surface area contributed by atoms with E-state index < -0.39 is 11.7 Å². The first-order valence-electron chi connectivity index (χ1n) is 10.0. The predicted octanol–water partition coefficient (Wildman–Crippen LogP) is 2.63. The molecular weight excluding hydrogens is 403 g/mol. The van der Waals surface area contributed by atoms with Gasteiger partial charge in [-0.3, -0.25) is 14.6 Å². The van der Waals surface area contributed by atoms with Crippen molar-refractivity contribution < 1.29 is 18.4 Å². The number of hydrogen-bond donors (Lipinski definition) is 2. The van der Waals surface area contributed by atoms with Crippen LogP contribution in [-0.4, -0.2) is 47.4 Å². The molecule has 4 rings (SSSR count). The first-order valence-corrected chi connectivity index (χ1v) is 10.0. The number of H-pyrrole nitrogens is 1. The molecule has 1 aliphatic rings. The van der Waals surface area contributed by atoms with Gasteiger partial charge in [-0.1, -0.05) is 0 Å². The molecule has 31 heavy (non-hydrogen) atoms. The van der Waals surface area contributed by atoms with Gasteiger partial charge >= 0.3 is 5.76 Å². The van der Waals surface area contributed by atoms with Gasteiger partial charge < -0.3 is 19.5 Å². The van der Waals surface area contributed by atoms with Crippen LogP contribution in [-0.2, 0) is 9.59 Å². The van der Waals surface area contributed by atoms with Crippen LogP contribution in [0.1, 0.15) is 18.9 Å². The zero-order chi connectivity index (χ0) is 22.1. The molecule has 1 fully saturated rings. The molecule has 8 nitrogen and oxygen atoms in total. The number of fused-ring (bicyclic) bond motifs is 1. The van der Waals surface area contributed by atoms with Crippen LogP contribution in [0.15, 0.2) is 45.6 Å². The largest absolute Gasteiger partial charge is 0.417 e. The average Bonchev–Trinajstić information content (AvgIpc) is 3.09. The quantitative estimate of drug-likeness (QED) is 0.625. The molecule has 1 atom stereocenters. The topological polar surface area (TPSA) is 98.6 Å². The van der Waals surface area contributed by atoms with E-state index in [1.807, 2.05) is 6.92 Å². The molecule has 0 aliphatic carbocycles. The van der Waals surface area contributed by atoms with Crippen LogP contribution in [0.2, 0.25) is 0 Å². The Bertz CT molecular complexity index is 1200. The summed E-state index contributed by atoms with van der Waals surface area (Å²) in [5, 5.41) is 2.66. The van der Waals surface area contributed by atoms with E-state index in [9.17, 15) is 18.8 Å². The van der Waals surface area contributed by atoms with Crippen molar-refractivity contribution in [2.45, 2.75) is 26.3 Å². The fourth-order valence-corrected chi connectivity index (χ4v) is 3.85. The summed E-state index contributed by atoms with van der Waals surface area (Å²) in [4.78, 5) is 42.5. The molecule has 0 bridgehead atoms. The van der Waals surface area contributed by atoms with Crippen LogP contribution in [0.25, 0.3) is 11.1 Å². The Labute approximate surface area is 177 Å². The number of benzene rings is 2. The molecule has 2 heterocycles. The zero-order valence-corrected chi connectivity index (χ0v) is 17.3. The van der Waals surface area contributed by atoms with Crippen LogP contribution in [0.3, 0.4) is 0 Å². The van der Waals surface area contributed by atoms with Gasteiger partial charge in [0.05, 0.1) is 5.52 Å². The summed E-state index contributed by atoms with van der Waals surface area (Å²) < 4.78 is 18.5.